The van der Waals surface area contributed by atoms with E-state index in [0.29, 0.717) is 0 Å². The van der Waals surface area contributed by atoms with Crippen LogP contribution in [0, 0.1) is 11.8 Å². The molecule has 0 radical (unpaired) electrons. The molecule has 1 aliphatic rings. The molecule has 1 N–H and O–H groups in total. The van der Waals surface area contributed by atoms with Crippen LogP contribution in [-0.4, -0.2) is 37.6 Å². The van der Waals surface area contributed by atoms with Gasteiger partial charge in [-0.05, 0) is 38.3 Å². The first-order chi connectivity index (χ1) is 8.74. The topological polar surface area (TPSA) is 15.3 Å². The lowest BCUT2D eigenvalue weighted by molar-refractivity contribution is 0.156. The van der Waals surface area contributed by atoms with Gasteiger partial charge in [0.05, 0.1) is 0 Å². The lowest BCUT2D eigenvalue weighted by Crippen LogP contribution is -2.44. The smallest absolute Gasteiger partial charge is 0.0104 e. The molecule has 0 spiro atoms. The van der Waals surface area contributed by atoms with Gasteiger partial charge >= 0.3 is 0 Å². The van der Waals surface area contributed by atoms with Crippen LogP contribution in [0.2, 0.25) is 0 Å². The molecular formula is C16H34N2. The predicted octanol–water partition coefficient (Wildman–Crippen LogP) is 3.52. The minimum atomic E-state index is 0.759. The van der Waals surface area contributed by atoms with E-state index in [2.05, 4.69) is 38.0 Å². The summed E-state index contributed by atoms with van der Waals surface area (Å²) in [6.07, 6.45) is 8.31. The SMILES string of the molecule is CCC(CC)CN(CC)CC1CCCCC1NC. The van der Waals surface area contributed by atoms with Crippen molar-refractivity contribution < 1.29 is 0 Å². The van der Waals surface area contributed by atoms with Crippen molar-refractivity contribution in [2.75, 3.05) is 26.7 Å². The van der Waals surface area contributed by atoms with Gasteiger partial charge in [0.25, 0.3) is 0 Å². The summed E-state index contributed by atoms with van der Waals surface area (Å²) in [7, 11) is 2.14. The van der Waals surface area contributed by atoms with Gasteiger partial charge in [0.2, 0.25) is 0 Å². The Morgan fingerprint density at radius 2 is 1.78 bits per heavy atom. The van der Waals surface area contributed by atoms with Gasteiger partial charge in [-0.15, -0.1) is 0 Å². The number of nitrogens with zero attached hydrogens (tertiary/aromatic N) is 1. The van der Waals surface area contributed by atoms with Crippen LogP contribution in [0.15, 0.2) is 0 Å². The van der Waals surface area contributed by atoms with E-state index in [0.717, 1.165) is 17.9 Å². The van der Waals surface area contributed by atoms with Crippen LogP contribution < -0.4 is 5.32 Å². The Hall–Kier alpha value is -0.0800. The van der Waals surface area contributed by atoms with Crippen molar-refractivity contribution in [1.29, 1.82) is 0 Å². The first-order valence-electron chi connectivity index (χ1n) is 8.14. The van der Waals surface area contributed by atoms with Gasteiger partial charge in [-0.1, -0.05) is 46.5 Å². The van der Waals surface area contributed by atoms with Crippen molar-refractivity contribution in [2.24, 2.45) is 11.8 Å². The van der Waals surface area contributed by atoms with Crippen molar-refractivity contribution in [1.82, 2.24) is 10.2 Å². The van der Waals surface area contributed by atoms with E-state index in [-0.39, 0.29) is 0 Å². The van der Waals surface area contributed by atoms with E-state index in [1.54, 1.807) is 0 Å². The molecule has 0 aromatic heterocycles. The van der Waals surface area contributed by atoms with Gasteiger partial charge in [0.1, 0.15) is 0 Å². The second-order valence-corrected chi connectivity index (χ2v) is 5.97. The Morgan fingerprint density at radius 1 is 1.11 bits per heavy atom. The molecule has 0 aromatic carbocycles. The number of hydrogen-bond acceptors (Lipinski definition) is 2. The molecular weight excluding hydrogens is 220 g/mol. The summed E-state index contributed by atoms with van der Waals surface area (Å²) in [6, 6.07) is 0.759. The third-order valence-corrected chi connectivity index (χ3v) is 4.89. The molecule has 0 heterocycles. The van der Waals surface area contributed by atoms with Crippen LogP contribution in [0.1, 0.15) is 59.3 Å². The van der Waals surface area contributed by atoms with E-state index in [1.807, 2.05) is 0 Å². The summed E-state index contributed by atoms with van der Waals surface area (Å²) in [5.74, 6) is 1.76. The van der Waals surface area contributed by atoms with Gasteiger partial charge in [-0.25, -0.2) is 0 Å². The van der Waals surface area contributed by atoms with Crippen LogP contribution in [-0.2, 0) is 0 Å². The molecule has 0 aliphatic heterocycles. The predicted molar refractivity (Wildman–Crippen MR) is 81.0 cm³/mol. The Labute approximate surface area is 115 Å². The zero-order valence-corrected chi connectivity index (χ0v) is 13.0. The monoisotopic (exact) mass is 254 g/mol. The second kappa shape index (κ2) is 8.92. The summed E-state index contributed by atoms with van der Waals surface area (Å²) in [5.41, 5.74) is 0. The molecule has 1 rings (SSSR count). The molecule has 1 saturated carbocycles. The molecule has 1 aliphatic carbocycles. The van der Waals surface area contributed by atoms with E-state index >= 15 is 0 Å². The zero-order valence-electron chi connectivity index (χ0n) is 13.0. The molecule has 2 nitrogen and oxygen atoms in total. The fourth-order valence-corrected chi connectivity index (χ4v) is 3.38. The van der Waals surface area contributed by atoms with E-state index in [9.17, 15) is 0 Å². The third kappa shape index (κ3) is 4.89. The van der Waals surface area contributed by atoms with Gasteiger partial charge in [0, 0.05) is 19.1 Å². The quantitative estimate of drug-likeness (QED) is 0.713. The lowest BCUT2D eigenvalue weighted by Gasteiger charge is -2.36. The fourth-order valence-electron chi connectivity index (χ4n) is 3.38. The molecule has 0 amide bonds. The lowest BCUT2D eigenvalue weighted by atomic mass is 9.84. The highest BCUT2D eigenvalue weighted by atomic mass is 15.1. The van der Waals surface area contributed by atoms with Crippen LogP contribution in [0.25, 0.3) is 0 Å². The molecule has 108 valence electrons. The average Bonchev–Trinajstić information content (AvgIpc) is 2.43. The Bertz CT molecular complexity index is 201. The summed E-state index contributed by atoms with van der Waals surface area (Å²) >= 11 is 0. The molecule has 0 saturated heterocycles. The van der Waals surface area contributed by atoms with Crippen LogP contribution in [0.5, 0.6) is 0 Å². The summed E-state index contributed by atoms with van der Waals surface area (Å²) in [6.45, 7) is 10.8. The second-order valence-electron chi connectivity index (χ2n) is 5.97. The molecule has 2 atom stereocenters. The molecule has 2 unspecified atom stereocenters. The summed E-state index contributed by atoms with van der Waals surface area (Å²) in [5, 5.41) is 3.54. The molecule has 1 fully saturated rings. The number of rotatable bonds is 8. The van der Waals surface area contributed by atoms with Gasteiger partial charge in [-0.3, -0.25) is 0 Å². The van der Waals surface area contributed by atoms with E-state index in [4.69, 9.17) is 0 Å². The standard InChI is InChI=1S/C16H34N2/c1-5-14(6-2)12-18(7-3)13-15-10-8-9-11-16(15)17-4/h14-17H,5-13H2,1-4H3. The highest BCUT2D eigenvalue weighted by molar-refractivity contribution is 4.82. The minimum absolute atomic E-state index is 0.759. The van der Waals surface area contributed by atoms with Gasteiger partial charge < -0.3 is 10.2 Å². The molecule has 2 heteroatoms. The van der Waals surface area contributed by atoms with E-state index in [1.165, 1.54) is 58.2 Å². The Morgan fingerprint density at radius 3 is 2.33 bits per heavy atom. The highest BCUT2D eigenvalue weighted by Crippen LogP contribution is 2.25. The van der Waals surface area contributed by atoms with Crippen molar-refractivity contribution in [2.45, 2.75) is 65.3 Å². The maximum absolute atomic E-state index is 3.54. The van der Waals surface area contributed by atoms with Crippen molar-refractivity contribution >= 4 is 0 Å². The van der Waals surface area contributed by atoms with Crippen molar-refractivity contribution in [3.8, 4) is 0 Å². The van der Waals surface area contributed by atoms with Crippen molar-refractivity contribution in [3.63, 3.8) is 0 Å². The van der Waals surface area contributed by atoms with Gasteiger partial charge in [-0.2, -0.15) is 0 Å². The van der Waals surface area contributed by atoms with Crippen LogP contribution in [0.3, 0.4) is 0 Å². The van der Waals surface area contributed by atoms with Crippen LogP contribution in [0.4, 0.5) is 0 Å². The average molecular weight is 254 g/mol. The zero-order chi connectivity index (χ0) is 13.4. The van der Waals surface area contributed by atoms with Gasteiger partial charge in [0.15, 0.2) is 0 Å². The number of hydrogen-bond donors (Lipinski definition) is 1. The first-order valence-corrected chi connectivity index (χ1v) is 8.14. The normalized spacial score (nSPS) is 25.0. The Kier molecular flexibility index (Phi) is 7.92. The van der Waals surface area contributed by atoms with Crippen molar-refractivity contribution in [3.05, 3.63) is 0 Å². The maximum atomic E-state index is 3.54. The first kappa shape index (κ1) is 16.0. The minimum Gasteiger partial charge on any atom is -0.317 e. The highest BCUT2D eigenvalue weighted by Gasteiger charge is 2.25. The van der Waals surface area contributed by atoms with Crippen LogP contribution >= 0.6 is 0 Å². The summed E-state index contributed by atoms with van der Waals surface area (Å²) < 4.78 is 0. The number of nitrogens with one attached hydrogen (secondary N) is 1. The third-order valence-electron chi connectivity index (χ3n) is 4.89. The summed E-state index contributed by atoms with van der Waals surface area (Å²) in [4.78, 5) is 2.69. The largest absolute Gasteiger partial charge is 0.317 e. The fraction of sp³-hybridized carbons (Fsp3) is 1.00. The van der Waals surface area contributed by atoms with E-state index < -0.39 is 0 Å². The Balaban J connectivity index is 2.44. The molecule has 0 aromatic rings. The molecule has 0 bridgehead atoms. The molecule has 18 heavy (non-hydrogen) atoms. The maximum Gasteiger partial charge on any atom is 0.0104 e.